The first-order chi connectivity index (χ1) is 13.7. The number of rotatable bonds is 7. The van der Waals surface area contributed by atoms with Gasteiger partial charge in [-0.2, -0.15) is 0 Å². The molecule has 0 radical (unpaired) electrons. The molecule has 2 aliphatic rings. The second-order valence-corrected chi connectivity index (χ2v) is 7.78. The fourth-order valence-corrected chi connectivity index (χ4v) is 3.95. The first kappa shape index (κ1) is 23.9. The Morgan fingerprint density at radius 2 is 2.14 bits per heavy atom. The average molecular weight is 514 g/mol. The van der Waals surface area contributed by atoms with E-state index in [2.05, 4.69) is 48.5 Å². The minimum Gasteiger partial charge on any atom is -0.381 e. The van der Waals surface area contributed by atoms with Crippen LogP contribution in [-0.2, 0) is 22.5 Å². The minimum atomic E-state index is 0. The van der Waals surface area contributed by atoms with Crippen LogP contribution >= 0.6 is 24.0 Å². The normalized spacial score (nSPS) is 18.8. The molecule has 29 heavy (non-hydrogen) atoms. The van der Waals surface area contributed by atoms with Crippen LogP contribution in [0.2, 0.25) is 0 Å². The number of hydrogen-bond acceptors (Lipinski definition) is 3. The number of carbonyl (C=O) groups is 1. The lowest BCUT2D eigenvalue weighted by Gasteiger charge is -2.29. The first-order valence-corrected chi connectivity index (χ1v) is 10.6. The van der Waals surface area contributed by atoms with E-state index in [9.17, 15) is 4.79 Å². The van der Waals surface area contributed by atoms with E-state index in [-0.39, 0.29) is 29.9 Å². The van der Waals surface area contributed by atoms with Crippen LogP contribution in [0.15, 0.2) is 29.3 Å². The van der Waals surface area contributed by atoms with Crippen LogP contribution in [0.1, 0.15) is 37.3 Å². The number of halogens is 1. The molecule has 0 saturated carbocycles. The molecule has 1 aromatic rings. The maximum atomic E-state index is 12.6. The second-order valence-electron chi connectivity index (χ2n) is 7.78. The molecule has 0 aromatic heterocycles. The zero-order valence-electron chi connectivity index (χ0n) is 17.7. The molecule has 162 valence electrons. The van der Waals surface area contributed by atoms with Gasteiger partial charge in [0, 0.05) is 58.7 Å². The van der Waals surface area contributed by atoms with Crippen LogP contribution in [0.4, 0.5) is 0 Å². The summed E-state index contributed by atoms with van der Waals surface area (Å²) in [6.45, 7) is 7.84. The molecule has 3 rings (SSSR count). The zero-order valence-corrected chi connectivity index (χ0v) is 20.1. The van der Waals surface area contributed by atoms with E-state index in [1.807, 2.05) is 4.90 Å². The van der Waals surface area contributed by atoms with Crippen LogP contribution in [-0.4, -0.2) is 68.1 Å². The van der Waals surface area contributed by atoms with Crippen LogP contribution < -0.4 is 5.32 Å². The summed E-state index contributed by atoms with van der Waals surface area (Å²) in [5.41, 5.74) is 2.66. The fraction of sp³-hybridized carbons (Fsp3) is 0.636. The van der Waals surface area contributed by atoms with E-state index >= 15 is 0 Å². The van der Waals surface area contributed by atoms with Crippen molar-refractivity contribution >= 4 is 35.8 Å². The Morgan fingerprint density at radius 1 is 1.34 bits per heavy atom. The lowest BCUT2D eigenvalue weighted by molar-refractivity contribution is -0.132. The number of carbonyl (C=O) groups excluding carboxylic acids is 1. The Bertz CT molecular complexity index is 677. The van der Waals surface area contributed by atoms with Gasteiger partial charge in [0.2, 0.25) is 5.91 Å². The van der Waals surface area contributed by atoms with Crippen molar-refractivity contribution in [3.8, 4) is 0 Å². The van der Waals surface area contributed by atoms with Crippen LogP contribution in [0, 0.1) is 5.92 Å². The monoisotopic (exact) mass is 514 g/mol. The third kappa shape index (κ3) is 7.13. The molecular formula is C22H35IN4O2. The highest BCUT2D eigenvalue weighted by atomic mass is 127. The third-order valence-corrected chi connectivity index (χ3v) is 5.55. The van der Waals surface area contributed by atoms with Crippen molar-refractivity contribution in [1.29, 1.82) is 0 Å². The smallest absolute Gasteiger partial charge is 0.222 e. The van der Waals surface area contributed by atoms with Gasteiger partial charge in [-0.3, -0.25) is 9.79 Å². The average Bonchev–Trinajstić information content (AvgIpc) is 3.22. The fourth-order valence-electron chi connectivity index (χ4n) is 3.95. The number of fused-ring (bicyclic) bond motifs is 1. The second kappa shape index (κ2) is 12.4. The zero-order chi connectivity index (χ0) is 19.8. The van der Waals surface area contributed by atoms with Gasteiger partial charge in [-0.05, 0) is 37.3 Å². The standard InChI is InChI=1S/C22H34N4O2.HI/c1-3-23-22(25(2)15-18-11-14-28-17-18)24-12-6-9-21(27)26-13-10-19-7-4-5-8-20(19)16-26;/h4-5,7-8,18H,3,6,9-17H2,1-2H3,(H,23,24);1H. The van der Waals surface area contributed by atoms with Gasteiger partial charge in [0.1, 0.15) is 0 Å². The Hall–Kier alpha value is -1.35. The number of ether oxygens (including phenoxy) is 1. The largest absolute Gasteiger partial charge is 0.381 e. The molecule has 1 aromatic carbocycles. The van der Waals surface area contributed by atoms with Crippen molar-refractivity contribution in [2.24, 2.45) is 10.9 Å². The number of amides is 1. The van der Waals surface area contributed by atoms with Crippen molar-refractivity contribution < 1.29 is 9.53 Å². The van der Waals surface area contributed by atoms with Gasteiger partial charge < -0.3 is 19.9 Å². The maximum absolute atomic E-state index is 12.6. The van der Waals surface area contributed by atoms with Crippen molar-refractivity contribution in [2.45, 2.75) is 39.2 Å². The van der Waals surface area contributed by atoms with Crippen molar-refractivity contribution in [2.75, 3.05) is 46.4 Å². The highest BCUT2D eigenvalue weighted by molar-refractivity contribution is 14.0. The summed E-state index contributed by atoms with van der Waals surface area (Å²) in [4.78, 5) is 21.5. The van der Waals surface area contributed by atoms with E-state index in [1.165, 1.54) is 11.1 Å². The van der Waals surface area contributed by atoms with Gasteiger partial charge in [-0.1, -0.05) is 24.3 Å². The topological polar surface area (TPSA) is 57.2 Å². The summed E-state index contributed by atoms with van der Waals surface area (Å²) >= 11 is 0. The minimum absolute atomic E-state index is 0. The van der Waals surface area contributed by atoms with Crippen LogP contribution in [0.5, 0.6) is 0 Å². The molecule has 1 atom stereocenters. The van der Waals surface area contributed by atoms with Crippen LogP contribution in [0.3, 0.4) is 0 Å². The lowest BCUT2D eigenvalue weighted by Crippen LogP contribution is -2.41. The Morgan fingerprint density at radius 3 is 2.86 bits per heavy atom. The summed E-state index contributed by atoms with van der Waals surface area (Å²) < 4.78 is 5.47. The lowest BCUT2D eigenvalue weighted by atomic mass is 9.99. The van der Waals surface area contributed by atoms with Crippen molar-refractivity contribution in [1.82, 2.24) is 15.1 Å². The summed E-state index contributed by atoms with van der Waals surface area (Å²) in [6.07, 6.45) is 3.43. The molecule has 2 heterocycles. The number of hydrogen-bond donors (Lipinski definition) is 1. The predicted molar refractivity (Wildman–Crippen MR) is 128 cm³/mol. The van der Waals surface area contributed by atoms with E-state index in [4.69, 9.17) is 9.73 Å². The number of guanidine groups is 1. The van der Waals surface area contributed by atoms with Gasteiger partial charge in [0.25, 0.3) is 0 Å². The molecule has 2 aliphatic heterocycles. The molecule has 7 heteroatoms. The predicted octanol–water partition coefficient (Wildman–Crippen LogP) is 2.90. The molecule has 6 nitrogen and oxygen atoms in total. The van der Waals surface area contributed by atoms with E-state index in [1.54, 1.807) is 0 Å². The third-order valence-electron chi connectivity index (χ3n) is 5.55. The molecule has 0 bridgehead atoms. The van der Waals surface area contributed by atoms with Crippen LogP contribution in [0.25, 0.3) is 0 Å². The van der Waals surface area contributed by atoms with Gasteiger partial charge in [-0.15, -0.1) is 24.0 Å². The highest BCUT2D eigenvalue weighted by Crippen LogP contribution is 2.19. The van der Waals surface area contributed by atoms with Crippen molar-refractivity contribution in [3.63, 3.8) is 0 Å². The molecule has 0 aliphatic carbocycles. The number of benzene rings is 1. The molecular weight excluding hydrogens is 479 g/mol. The number of nitrogens with zero attached hydrogens (tertiary/aromatic N) is 3. The molecule has 1 amide bonds. The van der Waals surface area contributed by atoms with Crippen molar-refractivity contribution in [3.05, 3.63) is 35.4 Å². The highest BCUT2D eigenvalue weighted by Gasteiger charge is 2.20. The SMILES string of the molecule is CCNC(=NCCCC(=O)N1CCc2ccccc2C1)N(C)CC1CCOC1.I. The number of nitrogens with one attached hydrogen (secondary N) is 1. The molecule has 1 N–H and O–H groups in total. The summed E-state index contributed by atoms with van der Waals surface area (Å²) in [5.74, 6) is 1.75. The van der Waals surface area contributed by atoms with E-state index in [0.717, 1.165) is 64.6 Å². The van der Waals surface area contributed by atoms with E-state index < -0.39 is 0 Å². The summed E-state index contributed by atoms with van der Waals surface area (Å²) in [6, 6.07) is 8.43. The Balaban J connectivity index is 0.00000300. The quantitative estimate of drug-likeness (QED) is 0.263. The molecule has 1 saturated heterocycles. The summed E-state index contributed by atoms with van der Waals surface area (Å²) in [7, 11) is 2.08. The van der Waals surface area contributed by atoms with Gasteiger partial charge in [0.15, 0.2) is 5.96 Å². The van der Waals surface area contributed by atoms with E-state index in [0.29, 0.717) is 18.9 Å². The number of aliphatic imine (C=N–C) groups is 1. The maximum Gasteiger partial charge on any atom is 0.222 e. The van der Waals surface area contributed by atoms with Gasteiger partial charge in [-0.25, -0.2) is 0 Å². The molecule has 1 unspecified atom stereocenters. The molecule has 1 fully saturated rings. The Labute approximate surface area is 192 Å². The Kier molecular flexibility index (Phi) is 10.2. The van der Waals surface area contributed by atoms with Gasteiger partial charge >= 0.3 is 0 Å². The summed E-state index contributed by atoms with van der Waals surface area (Å²) in [5, 5.41) is 3.36. The first-order valence-electron chi connectivity index (χ1n) is 10.6. The molecule has 0 spiro atoms. The van der Waals surface area contributed by atoms with Gasteiger partial charge in [0.05, 0.1) is 6.61 Å².